The van der Waals surface area contributed by atoms with Crippen molar-refractivity contribution in [3.8, 4) is 5.69 Å². The van der Waals surface area contributed by atoms with Crippen LogP contribution >= 0.6 is 23.2 Å². The second kappa shape index (κ2) is 9.79. The molecule has 9 nitrogen and oxygen atoms in total. The van der Waals surface area contributed by atoms with Crippen molar-refractivity contribution < 1.29 is 4.74 Å². The van der Waals surface area contributed by atoms with Crippen molar-refractivity contribution >= 4 is 45.9 Å². The van der Waals surface area contributed by atoms with E-state index in [1.807, 2.05) is 6.07 Å². The molecule has 5 rings (SSSR count). The number of rotatable bonds is 6. The van der Waals surface area contributed by atoms with Gasteiger partial charge in [0.25, 0.3) is 0 Å². The van der Waals surface area contributed by atoms with Gasteiger partial charge in [-0.05, 0) is 41.8 Å². The normalized spacial score (nSPS) is 13.7. The van der Waals surface area contributed by atoms with Gasteiger partial charge in [0.05, 0.1) is 27.7 Å². The molecule has 1 aliphatic rings. The minimum Gasteiger partial charge on any atom is -0.383 e. The number of aromatic amines is 1. The van der Waals surface area contributed by atoms with Gasteiger partial charge in [-0.3, -0.25) is 15.3 Å². The van der Waals surface area contributed by atoms with Crippen molar-refractivity contribution in [1.29, 1.82) is 5.41 Å². The molecule has 0 fully saturated rings. The van der Waals surface area contributed by atoms with Gasteiger partial charge in [-0.15, -0.1) is 0 Å². The van der Waals surface area contributed by atoms with Crippen molar-refractivity contribution in [3.05, 3.63) is 79.7 Å². The molecule has 0 radical (unpaired) electrons. The van der Waals surface area contributed by atoms with Gasteiger partial charge in [0.2, 0.25) is 5.95 Å². The number of halogens is 2. The Labute approximate surface area is 210 Å². The molecule has 180 valence electrons. The van der Waals surface area contributed by atoms with Gasteiger partial charge in [0.1, 0.15) is 5.49 Å². The summed E-state index contributed by atoms with van der Waals surface area (Å²) in [5, 5.41) is 12.7. The average molecular weight is 512 g/mol. The zero-order chi connectivity index (χ0) is 24.5. The number of nitrogens with one attached hydrogen (secondary N) is 3. The van der Waals surface area contributed by atoms with E-state index in [0.29, 0.717) is 17.9 Å². The van der Waals surface area contributed by atoms with Gasteiger partial charge in [0, 0.05) is 38.6 Å². The Balaban J connectivity index is 1.46. The van der Waals surface area contributed by atoms with E-state index in [1.54, 1.807) is 25.3 Å². The molecule has 0 saturated heterocycles. The summed E-state index contributed by atoms with van der Waals surface area (Å²) in [5.74, 6) is 0.313. The highest BCUT2D eigenvalue weighted by Crippen LogP contribution is 2.27. The maximum absolute atomic E-state index is 12.9. The maximum atomic E-state index is 12.9. The number of fused-ring (bicyclic) bond motifs is 2. The van der Waals surface area contributed by atoms with E-state index in [-0.39, 0.29) is 26.9 Å². The standard InChI is InChI=1S/C24H23Cl2N7O2/c1-35-10-9-32-8-7-14-5-6-16(11-15(14)13-32)29-23-28-12-17-21(27)33(24(34)31-22(17)30-23)20-18(25)3-2-4-19(20)26/h2-6,11-12,27H,7-10,13H2,1H3,(H2,28,29,30,31,34). The Hall–Kier alpha value is -3.24. The number of anilines is 2. The number of hydrogen-bond acceptors (Lipinski definition) is 7. The van der Waals surface area contributed by atoms with Crippen LogP contribution in [0.25, 0.3) is 16.7 Å². The summed E-state index contributed by atoms with van der Waals surface area (Å²) in [4.78, 5) is 26.8. The second-order valence-electron chi connectivity index (χ2n) is 8.27. The summed E-state index contributed by atoms with van der Waals surface area (Å²) >= 11 is 12.5. The summed E-state index contributed by atoms with van der Waals surface area (Å²) in [6.45, 7) is 3.47. The molecular formula is C24H23Cl2N7O2. The Kier molecular flexibility index (Phi) is 6.57. The summed E-state index contributed by atoms with van der Waals surface area (Å²) in [6, 6.07) is 11.1. The topological polar surface area (TPSA) is 112 Å². The molecule has 0 spiro atoms. The monoisotopic (exact) mass is 511 g/mol. The predicted molar refractivity (Wildman–Crippen MR) is 136 cm³/mol. The molecule has 0 unspecified atom stereocenters. The lowest BCUT2D eigenvalue weighted by Gasteiger charge is -2.28. The molecule has 2 aromatic carbocycles. The lowest BCUT2D eigenvalue weighted by Crippen LogP contribution is -2.34. The number of aromatic nitrogens is 4. The van der Waals surface area contributed by atoms with Crippen molar-refractivity contribution in [2.24, 2.45) is 0 Å². The van der Waals surface area contributed by atoms with Gasteiger partial charge in [-0.2, -0.15) is 4.98 Å². The Morgan fingerprint density at radius 2 is 2.00 bits per heavy atom. The molecular weight excluding hydrogens is 489 g/mol. The first-order valence-corrected chi connectivity index (χ1v) is 11.8. The maximum Gasteiger partial charge on any atom is 0.333 e. The van der Waals surface area contributed by atoms with Crippen molar-refractivity contribution in [3.63, 3.8) is 0 Å². The van der Waals surface area contributed by atoms with E-state index < -0.39 is 5.69 Å². The molecule has 0 atom stereocenters. The van der Waals surface area contributed by atoms with E-state index in [9.17, 15) is 4.79 Å². The lowest BCUT2D eigenvalue weighted by molar-refractivity contribution is 0.141. The molecule has 0 aliphatic carbocycles. The van der Waals surface area contributed by atoms with Gasteiger partial charge < -0.3 is 10.1 Å². The highest BCUT2D eigenvalue weighted by Gasteiger charge is 2.17. The van der Waals surface area contributed by atoms with Crippen LogP contribution in [-0.4, -0.2) is 51.2 Å². The smallest absolute Gasteiger partial charge is 0.333 e. The molecule has 3 heterocycles. The predicted octanol–water partition coefficient (Wildman–Crippen LogP) is 3.64. The van der Waals surface area contributed by atoms with Crippen LogP contribution in [-0.2, 0) is 17.7 Å². The van der Waals surface area contributed by atoms with Crippen molar-refractivity contribution in [2.45, 2.75) is 13.0 Å². The van der Waals surface area contributed by atoms with Crippen LogP contribution in [0.5, 0.6) is 0 Å². The minimum atomic E-state index is -0.577. The number of methoxy groups -OCH3 is 1. The number of nitrogens with zero attached hydrogens (tertiary/aromatic N) is 4. The van der Waals surface area contributed by atoms with E-state index >= 15 is 0 Å². The zero-order valence-electron chi connectivity index (χ0n) is 18.9. The minimum absolute atomic E-state index is 0.116. The highest BCUT2D eigenvalue weighted by molar-refractivity contribution is 6.37. The number of H-pyrrole nitrogens is 1. The van der Waals surface area contributed by atoms with E-state index in [1.165, 1.54) is 17.3 Å². The highest BCUT2D eigenvalue weighted by atomic mass is 35.5. The van der Waals surface area contributed by atoms with E-state index in [2.05, 4.69) is 37.3 Å². The molecule has 0 saturated carbocycles. The largest absolute Gasteiger partial charge is 0.383 e. The first kappa shape index (κ1) is 23.5. The Bertz CT molecular complexity index is 1510. The van der Waals surface area contributed by atoms with Gasteiger partial charge in [0.15, 0.2) is 5.65 Å². The Morgan fingerprint density at radius 3 is 2.77 bits per heavy atom. The van der Waals surface area contributed by atoms with Crippen LogP contribution in [0.4, 0.5) is 11.6 Å². The first-order chi connectivity index (χ1) is 16.9. The molecule has 2 aromatic heterocycles. The summed E-state index contributed by atoms with van der Waals surface area (Å²) in [5.41, 5.74) is 3.20. The summed E-state index contributed by atoms with van der Waals surface area (Å²) in [7, 11) is 1.71. The second-order valence-corrected chi connectivity index (χ2v) is 9.08. The number of hydrogen-bond donors (Lipinski definition) is 3. The number of benzene rings is 2. The van der Waals surface area contributed by atoms with Crippen LogP contribution in [0.1, 0.15) is 11.1 Å². The number of para-hydroxylation sites is 1. The lowest BCUT2D eigenvalue weighted by atomic mass is 9.99. The third-order valence-corrected chi connectivity index (χ3v) is 6.63. The third-order valence-electron chi connectivity index (χ3n) is 6.02. The molecule has 35 heavy (non-hydrogen) atoms. The number of ether oxygens (including phenoxy) is 1. The van der Waals surface area contributed by atoms with Gasteiger partial charge in [-0.25, -0.2) is 14.3 Å². The van der Waals surface area contributed by atoms with Crippen LogP contribution in [0.2, 0.25) is 10.0 Å². The third kappa shape index (κ3) is 4.68. The van der Waals surface area contributed by atoms with Crippen LogP contribution in [0.3, 0.4) is 0 Å². The average Bonchev–Trinajstić information content (AvgIpc) is 2.84. The van der Waals surface area contributed by atoms with Gasteiger partial charge in [-0.1, -0.05) is 35.3 Å². The first-order valence-electron chi connectivity index (χ1n) is 11.1. The van der Waals surface area contributed by atoms with Crippen LogP contribution in [0, 0.1) is 5.41 Å². The molecule has 0 amide bonds. The molecule has 1 aliphatic heterocycles. The quantitative estimate of drug-likeness (QED) is 0.364. The molecule has 3 N–H and O–H groups in total. The van der Waals surface area contributed by atoms with Crippen molar-refractivity contribution in [2.75, 3.05) is 32.1 Å². The van der Waals surface area contributed by atoms with Crippen LogP contribution < -0.4 is 16.5 Å². The SMILES string of the molecule is COCCN1CCc2ccc(Nc3ncc4c(=N)n(-c5c(Cl)cccc5Cl)c(=O)[nH]c4n3)cc2C1. The fourth-order valence-electron chi connectivity index (χ4n) is 4.24. The van der Waals surface area contributed by atoms with Crippen LogP contribution in [0.15, 0.2) is 47.4 Å². The molecule has 4 aromatic rings. The summed E-state index contributed by atoms with van der Waals surface area (Å²) < 4.78 is 6.32. The molecule has 0 bridgehead atoms. The fourth-order valence-corrected chi connectivity index (χ4v) is 4.81. The van der Waals surface area contributed by atoms with E-state index in [0.717, 1.165) is 36.3 Å². The van der Waals surface area contributed by atoms with Crippen molar-refractivity contribution in [1.82, 2.24) is 24.4 Å². The zero-order valence-corrected chi connectivity index (χ0v) is 20.5. The Morgan fingerprint density at radius 1 is 1.20 bits per heavy atom. The fraction of sp³-hybridized carbons (Fsp3) is 0.250. The summed E-state index contributed by atoms with van der Waals surface area (Å²) in [6.07, 6.45) is 2.49. The van der Waals surface area contributed by atoms with E-state index in [4.69, 9.17) is 33.3 Å². The molecule has 11 heteroatoms. The van der Waals surface area contributed by atoms with Gasteiger partial charge >= 0.3 is 5.69 Å².